The molecule has 164 valence electrons. The first kappa shape index (κ1) is 22.3. The molecule has 2 aromatic carbocycles. The van der Waals surface area contributed by atoms with Crippen LogP contribution in [0.25, 0.3) is 0 Å². The number of hydrogen-bond acceptors (Lipinski definition) is 4. The Balaban J connectivity index is 1.67. The number of fused-ring (bicyclic) bond motifs is 1. The van der Waals surface area contributed by atoms with Crippen molar-refractivity contribution in [2.75, 3.05) is 35.7 Å². The van der Waals surface area contributed by atoms with Gasteiger partial charge in [0.1, 0.15) is 0 Å². The summed E-state index contributed by atoms with van der Waals surface area (Å²) in [5.74, 6) is -5.81. The molecule has 0 saturated heterocycles. The lowest BCUT2D eigenvalue weighted by molar-refractivity contribution is -0.121. The lowest BCUT2D eigenvalue weighted by Gasteiger charge is -2.29. The summed E-state index contributed by atoms with van der Waals surface area (Å²) >= 11 is 0. The van der Waals surface area contributed by atoms with Crippen molar-refractivity contribution in [3.63, 3.8) is 0 Å². The molecule has 0 spiro atoms. The fraction of sp³-hybridized carbons (Fsp3) is 0.286. The second-order valence-electron chi connectivity index (χ2n) is 7.33. The summed E-state index contributed by atoms with van der Waals surface area (Å²) in [6.07, 6.45) is 0.111. The summed E-state index contributed by atoms with van der Waals surface area (Å²) < 4.78 is 40.1. The van der Waals surface area contributed by atoms with E-state index in [1.807, 2.05) is 0 Å². The van der Waals surface area contributed by atoms with Crippen LogP contribution in [0.1, 0.15) is 13.3 Å². The molecule has 2 aromatic rings. The Kier molecular flexibility index (Phi) is 6.59. The molecular weight excluding hydrogens is 413 g/mol. The van der Waals surface area contributed by atoms with Crippen LogP contribution in [0.2, 0.25) is 0 Å². The Morgan fingerprint density at radius 1 is 1.13 bits per heavy atom. The third kappa shape index (κ3) is 5.02. The number of carbonyl (C=O) groups excluding carboxylic acids is 3. The van der Waals surface area contributed by atoms with E-state index in [0.717, 1.165) is 6.07 Å². The Bertz CT molecular complexity index is 1030. The number of likely N-dealkylation sites (N-methyl/N-ethyl adjacent to an activating group) is 1. The average Bonchev–Trinajstić information content (AvgIpc) is 2.82. The minimum atomic E-state index is -1.68. The molecule has 10 heteroatoms. The number of amides is 3. The van der Waals surface area contributed by atoms with Gasteiger partial charge in [-0.2, -0.15) is 0 Å². The van der Waals surface area contributed by atoms with Crippen molar-refractivity contribution in [2.45, 2.75) is 19.4 Å². The van der Waals surface area contributed by atoms with Crippen LogP contribution in [-0.2, 0) is 14.4 Å². The number of halogens is 3. The Morgan fingerprint density at radius 2 is 1.84 bits per heavy atom. The topological polar surface area (TPSA) is 81.8 Å². The molecule has 3 rings (SSSR count). The van der Waals surface area contributed by atoms with Crippen molar-refractivity contribution < 1.29 is 27.6 Å². The van der Waals surface area contributed by atoms with Crippen molar-refractivity contribution in [2.24, 2.45) is 0 Å². The summed E-state index contributed by atoms with van der Waals surface area (Å²) in [4.78, 5) is 40.1. The van der Waals surface area contributed by atoms with E-state index in [0.29, 0.717) is 17.4 Å². The van der Waals surface area contributed by atoms with Crippen LogP contribution < -0.4 is 15.5 Å². The molecule has 0 radical (unpaired) electrons. The summed E-state index contributed by atoms with van der Waals surface area (Å²) in [5, 5.41) is 4.92. The average molecular weight is 434 g/mol. The maximum atomic E-state index is 13.7. The molecule has 0 aliphatic carbocycles. The van der Waals surface area contributed by atoms with Gasteiger partial charge in [0.25, 0.3) is 0 Å². The van der Waals surface area contributed by atoms with Crippen LogP contribution >= 0.6 is 0 Å². The number of para-hydroxylation sites is 2. The lowest BCUT2D eigenvalue weighted by Crippen LogP contribution is -2.45. The first-order valence-electron chi connectivity index (χ1n) is 9.50. The highest BCUT2D eigenvalue weighted by atomic mass is 19.2. The van der Waals surface area contributed by atoms with E-state index >= 15 is 0 Å². The molecule has 7 nitrogen and oxygen atoms in total. The van der Waals surface area contributed by atoms with Crippen LogP contribution in [0, 0.1) is 17.5 Å². The number of benzene rings is 2. The van der Waals surface area contributed by atoms with Gasteiger partial charge in [-0.15, -0.1) is 0 Å². The first-order valence-corrected chi connectivity index (χ1v) is 9.50. The van der Waals surface area contributed by atoms with Gasteiger partial charge in [-0.05, 0) is 38.2 Å². The molecule has 1 unspecified atom stereocenters. The number of hydrogen-bond donors (Lipinski definition) is 2. The van der Waals surface area contributed by atoms with Gasteiger partial charge in [0.15, 0.2) is 17.5 Å². The predicted octanol–water partition coefficient (Wildman–Crippen LogP) is 2.74. The zero-order valence-corrected chi connectivity index (χ0v) is 16.9. The van der Waals surface area contributed by atoms with E-state index in [2.05, 4.69) is 10.6 Å². The van der Waals surface area contributed by atoms with Crippen molar-refractivity contribution in [1.29, 1.82) is 0 Å². The Hall–Kier alpha value is -3.40. The number of nitrogens with one attached hydrogen (secondary N) is 2. The highest BCUT2D eigenvalue weighted by Crippen LogP contribution is 2.31. The number of rotatable bonds is 5. The fourth-order valence-electron chi connectivity index (χ4n) is 3.39. The second kappa shape index (κ2) is 9.17. The predicted molar refractivity (Wildman–Crippen MR) is 109 cm³/mol. The molecule has 0 aromatic heterocycles. The van der Waals surface area contributed by atoms with Crippen LogP contribution in [0.15, 0.2) is 36.4 Å². The molecule has 0 fully saturated rings. The largest absolute Gasteiger partial charge is 0.324 e. The first-order chi connectivity index (χ1) is 14.7. The molecule has 1 aliphatic heterocycles. The van der Waals surface area contributed by atoms with Crippen LogP contribution in [0.5, 0.6) is 0 Å². The Morgan fingerprint density at radius 3 is 2.58 bits per heavy atom. The van der Waals surface area contributed by atoms with E-state index < -0.39 is 35.1 Å². The maximum absolute atomic E-state index is 13.7. The number of carbonyl (C=O) groups is 3. The quantitative estimate of drug-likeness (QED) is 0.710. The second-order valence-corrected chi connectivity index (χ2v) is 7.33. The van der Waals surface area contributed by atoms with Crippen molar-refractivity contribution >= 4 is 34.8 Å². The summed E-state index contributed by atoms with van der Waals surface area (Å²) in [6.45, 7) is 1.28. The van der Waals surface area contributed by atoms with Gasteiger partial charge in [-0.1, -0.05) is 12.1 Å². The molecular formula is C21H21F3N4O3. The van der Waals surface area contributed by atoms with Gasteiger partial charge in [-0.3, -0.25) is 19.3 Å². The minimum absolute atomic E-state index is 0.111. The SMILES string of the molecule is CC1CC(=O)Nc2ccccc2N1C(=O)CN(C)CC(=O)Nc1ccc(F)c(F)c1F. The van der Waals surface area contributed by atoms with E-state index in [-0.39, 0.29) is 31.3 Å². The van der Waals surface area contributed by atoms with E-state index in [4.69, 9.17) is 0 Å². The molecule has 0 bridgehead atoms. The summed E-state index contributed by atoms with van der Waals surface area (Å²) in [6, 6.07) is 8.11. The van der Waals surface area contributed by atoms with Crippen molar-refractivity contribution in [3.05, 3.63) is 53.8 Å². The van der Waals surface area contributed by atoms with Gasteiger partial charge in [-0.25, -0.2) is 13.2 Å². The molecule has 2 N–H and O–H groups in total. The van der Waals surface area contributed by atoms with E-state index in [9.17, 15) is 27.6 Å². The Labute approximate surface area is 176 Å². The standard InChI is InChI=1S/C21H21F3N4O3/c1-12-9-17(29)25-14-5-3-4-6-16(14)28(12)19(31)11-27(2)10-18(30)26-15-8-7-13(22)20(23)21(15)24/h3-8,12H,9-11H2,1-2H3,(H,25,29)(H,26,30). The molecule has 1 atom stereocenters. The zero-order valence-electron chi connectivity index (χ0n) is 16.9. The van der Waals surface area contributed by atoms with Gasteiger partial charge in [0.2, 0.25) is 17.7 Å². The monoisotopic (exact) mass is 434 g/mol. The van der Waals surface area contributed by atoms with Crippen LogP contribution in [-0.4, -0.2) is 48.8 Å². The van der Waals surface area contributed by atoms with Crippen molar-refractivity contribution in [3.8, 4) is 0 Å². The van der Waals surface area contributed by atoms with Gasteiger partial charge in [0.05, 0.1) is 30.2 Å². The fourth-order valence-corrected chi connectivity index (χ4v) is 3.39. The van der Waals surface area contributed by atoms with Gasteiger partial charge in [0, 0.05) is 12.5 Å². The van der Waals surface area contributed by atoms with Crippen LogP contribution in [0.4, 0.5) is 30.2 Å². The normalized spacial score (nSPS) is 15.9. The van der Waals surface area contributed by atoms with Crippen LogP contribution in [0.3, 0.4) is 0 Å². The molecule has 3 amide bonds. The number of nitrogens with zero attached hydrogens (tertiary/aromatic N) is 2. The lowest BCUT2D eigenvalue weighted by atomic mass is 10.1. The molecule has 31 heavy (non-hydrogen) atoms. The highest BCUT2D eigenvalue weighted by Gasteiger charge is 2.30. The smallest absolute Gasteiger partial charge is 0.241 e. The van der Waals surface area contributed by atoms with E-state index in [1.165, 1.54) is 16.8 Å². The maximum Gasteiger partial charge on any atom is 0.241 e. The summed E-state index contributed by atoms with van der Waals surface area (Å²) in [5.41, 5.74) is 0.565. The van der Waals surface area contributed by atoms with Crippen molar-refractivity contribution in [1.82, 2.24) is 4.90 Å². The molecule has 1 heterocycles. The van der Waals surface area contributed by atoms with Gasteiger partial charge < -0.3 is 15.5 Å². The number of anilines is 3. The molecule has 0 saturated carbocycles. The summed E-state index contributed by atoms with van der Waals surface area (Å²) in [7, 11) is 1.51. The molecule has 1 aliphatic rings. The minimum Gasteiger partial charge on any atom is -0.324 e. The zero-order chi connectivity index (χ0) is 22.7. The third-order valence-electron chi connectivity index (χ3n) is 4.76. The van der Waals surface area contributed by atoms with E-state index in [1.54, 1.807) is 31.2 Å². The van der Waals surface area contributed by atoms with Gasteiger partial charge >= 0.3 is 0 Å². The third-order valence-corrected chi connectivity index (χ3v) is 4.76. The highest BCUT2D eigenvalue weighted by molar-refractivity contribution is 6.05.